The van der Waals surface area contributed by atoms with Gasteiger partial charge in [0, 0.05) is 21.8 Å². The number of carbonyl (C=O) groups excluding carboxylic acids is 1. The van der Waals surface area contributed by atoms with Gasteiger partial charge in [-0.2, -0.15) is 0 Å². The summed E-state index contributed by atoms with van der Waals surface area (Å²) < 4.78 is 0.928. The van der Waals surface area contributed by atoms with E-state index < -0.39 is 11.7 Å². The van der Waals surface area contributed by atoms with Gasteiger partial charge in [-0.05, 0) is 24.3 Å². The van der Waals surface area contributed by atoms with Crippen molar-refractivity contribution in [2.45, 2.75) is 0 Å². The molecule has 0 aliphatic rings. The van der Waals surface area contributed by atoms with Crippen molar-refractivity contribution in [3.63, 3.8) is 0 Å². The standard InChI is InChI=1S/C14H9BrN4O2/c15-11-5-3-9(4-6-11)13-10(2-1-7-17-13)8-12(14(20)21)18-19-16/h1-8,16H. The molecule has 0 saturated heterocycles. The molecule has 2 aromatic rings. The van der Waals surface area contributed by atoms with E-state index in [2.05, 4.69) is 30.9 Å². The molecule has 0 amide bonds. The van der Waals surface area contributed by atoms with Gasteiger partial charge in [0.25, 0.3) is 0 Å². The summed E-state index contributed by atoms with van der Waals surface area (Å²) in [5.41, 5.74) is 8.18. The number of pyridine rings is 1. The van der Waals surface area contributed by atoms with Crippen molar-refractivity contribution >= 4 is 28.0 Å². The Morgan fingerprint density at radius 2 is 2.05 bits per heavy atom. The lowest BCUT2D eigenvalue weighted by atomic mass is 10.1. The van der Waals surface area contributed by atoms with Crippen molar-refractivity contribution in [2.75, 3.05) is 0 Å². The van der Waals surface area contributed by atoms with Crippen LogP contribution in [0.25, 0.3) is 17.3 Å². The molecule has 104 valence electrons. The molecule has 0 radical (unpaired) electrons. The number of carboxylic acid groups (broad SMARTS) is 1. The Morgan fingerprint density at radius 3 is 2.67 bits per heavy atom. The summed E-state index contributed by atoms with van der Waals surface area (Å²) in [7, 11) is 0. The summed E-state index contributed by atoms with van der Waals surface area (Å²) in [5.74, 6) is -1.50. The van der Waals surface area contributed by atoms with Crippen molar-refractivity contribution in [1.82, 2.24) is 9.90 Å². The summed E-state index contributed by atoms with van der Waals surface area (Å²) in [6.07, 6.45) is 2.89. The number of halogens is 1. The minimum Gasteiger partial charge on any atom is -0.543 e. The van der Waals surface area contributed by atoms with Crippen LogP contribution in [0.2, 0.25) is 0 Å². The van der Waals surface area contributed by atoms with Crippen LogP contribution >= 0.6 is 15.9 Å². The maximum atomic E-state index is 10.9. The van der Waals surface area contributed by atoms with Gasteiger partial charge in [0.15, 0.2) is 10.8 Å². The number of nitrogens with zero attached hydrogens (tertiary/aromatic N) is 3. The van der Waals surface area contributed by atoms with Crippen LogP contribution < -0.4 is 10.0 Å². The topological polar surface area (TPSA) is 103 Å². The molecule has 1 aromatic carbocycles. The van der Waals surface area contributed by atoms with E-state index in [0.29, 0.717) is 11.3 Å². The molecule has 0 aliphatic carbocycles. The molecule has 1 aromatic heterocycles. The Morgan fingerprint density at radius 1 is 1.33 bits per heavy atom. The number of carboxylic acids is 1. The monoisotopic (exact) mass is 344 g/mol. The highest BCUT2D eigenvalue weighted by Gasteiger charge is 2.08. The van der Waals surface area contributed by atoms with Gasteiger partial charge in [-0.1, -0.05) is 34.1 Å². The molecular formula is C14H9BrN4O2. The molecule has 1 N–H and O–H groups in total. The zero-order valence-electron chi connectivity index (χ0n) is 10.7. The van der Waals surface area contributed by atoms with Gasteiger partial charge in [0.05, 0.1) is 11.7 Å². The van der Waals surface area contributed by atoms with Crippen molar-refractivity contribution in [2.24, 2.45) is 5.11 Å². The minimum atomic E-state index is -1.50. The highest BCUT2D eigenvalue weighted by atomic mass is 79.9. The molecule has 1 heterocycles. The highest BCUT2D eigenvalue weighted by molar-refractivity contribution is 9.10. The summed E-state index contributed by atoms with van der Waals surface area (Å²) >= 11 is 3.35. The largest absolute Gasteiger partial charge is 0.543 e. The molecule has 7 heteroatoms. The average Bonchev–Trinajstić information content (AvgIpc) is 2.48. The number of hydrogen-bond donors (Lipinski definition) is 1. The van der Waals surface area contributed by atoms with E-state index in [1.165, 1.54) is 6.08 Å². The predicted octanol–water partition coefficient (Wildman–Crippen LogP) is 2.15. The maximum Gasteiger partial charge on any atom is 0.220 e. The number of rotatable bonds is 4. The molecule has 0 spiro atoms. The Labute approximate surface area is 128 Å². The van der Waals surface area contributed by atoms with Crippen LogP contribution in [0.3, 0.4) is 0 Å². The van der Waals surface area contributed by atoms with Gasteiger partial charge in [-0.25, -0.2) is 0 Å². The first-order chi connectivity index (χ1) is 10.1. The number of aliphatic carboxylic acids is 1. The number of hydrogen-bond acceptors (Lipinski definition) is 5. The summed E-state index contributed by atoms with van der Waals surface area (Å²) in [6.45, 7) is 0. The summed E-state index contributed by atoms with van der Waals surface area (Å²) in [6, 6.07) is 10.8. The number of aromatic nitrogens is 1. The smallest absolute Gasteiger partial charge is 0.220 e. The van der Waals surface area contributed by atoms with Crippen LogP contribution in [0.1, 0.15) is 5.56 Å². The van der Waals surface area contributed by atoms with Crippen LogP contribution in [0.15, 0.2) is 57.9 Å². The molecule has 0 saturated carbocycles. The molecule has 2 rings (SSSR count). The van der Waals surface area contributed by atoms with E-state index in [0.717, 1.165) is 10.0 Å². The first-order valence-corrected chi connectivity index (χ1v) is 6.62. The van der Waals surface area contributed by atoms with Gasteiger partial charge in [-0.3, -0.25) is 4.98 Å². The van der Waals surface area contributed by atoms with Crippen LogP contribution in [0.4, 0.5) is 0 Å². The van der Waals surface area contributed by atoms with Crippen LogP contribution in [-0.2, 0) is 4.79 Å². The molecule has 0 bridgehead atoms. The molecular weight excluding hydrogens is 336 g/mol. The second-order valence-electron chi connectivity index (χ2n) is 3.97. The third-order valence-corrected chi connectivity index (χ3v) is 3.14. The second-order valence-corrected chi connectivity index (χ2v) is 4.88. The van der Waals surface area contributed by atoms with Gasteiger partial charge >= 0.3 is 0 Å². The van der Waals surface area contributed by atoms with Crippen LogP contribution in [0.5, 0.6) is 0 Å². The van der Waals surface area contributed by atoms with Crippen molar-refractivity contribution in [3.05, 3.63) is 58.3 Å². The fourth-order valence-electron chi connectivity index (χ4n) is 1.71. The average molecular weight is 345 g/mol. The highest BCUT2D eigenvalue weighted by Crippen LogP contribution is 2.24. The normalized spacial score (nSPS) is 10.8. The lowest BCUT2D eigenvalue weighted by molar-refractivity contribution is -0.299. The Balaban J connectivity index is 2.55. The number of benzene rings is 1. The molecule has 0 atom stereocenters. The van der Waals surface area contributed by atoms with Crippen molar-refractivity contribution < 1.29 is 9.90 Å². The van der Waals surface area contributed by atoms with Gasteiger partial charge < -0.3 is 9.90 Å². The fraction of sp³-hybridized carbons (Fsp3) is 0. The van der Waals surface area contributed by atoms with Gasteiger partial charge in [0.2, 0.25) is 4.91 Å². The lowest BCUT2D eigenvalue weighted by Gasteiger charge is -2.06. The number of carbonyl (C=O) groups is 1. The van der Waals surface area contributed by atoms with Gasteiger partial charge in [0.1, 0.15) is 5.53 Å². The lowest BCUT2D eigenvalue weighted by Crippen LogP contribution is -2.23. The number of nitrogens with one attached hydrogen (secondary N) is 1. The van der Waals surface area contributed by atoms with Crippen molar-refractivity contribution in [3.8, 4) is 11.3 Å². The Kier molecular flexibility index (Phi) is 4.71. The van der Waals surface area contributed by atoms with E-state index in [4.69, 9.17) is 5.53 Å². The predicted molar refractivity (Wildman–Crippen MR) is 77.6 cm³/mol. The zero-order valence-corrected chi connectivity index (χ0v) is 12.2. The van der Waals surface area contributed by atoms with E-state index >= 15 is 0 Å². The second kappa shape index (κ2) is 6.69. The minimum absolute atomic E-state index is 0.434. The van der Waals surface area contributed by atoms with Crippen LogP contribution in [0, 0.1) is 5.53 Å². The molecule has 0 unspecified atom stereocenters. The Bertz CT molecular complexity index is 746. The molecule has 21 heavy (non-hydrogen) atoms. The molecule has 0 fully saturated rings. The van der Waals surface area contributed by atoms with Gasteiger partial charge in [-0.15, -0.1) is 0 Å². The maximum absolute atomic E-state index is 10.9. The quantitative estimate of drug-likeness (QED) is 0.522. The zero-order chi connectivity index (χ0) is 15.2. The first kappa shape index (κ1) is 14.8. The van der Waals surface area contributed by atoms with E-state index in [1.807, 2.05) is 24.3 Å². The van der Waals surface area contributed by atoms with E-state index in [1.54, 1.807) is 18.3 Å². The Hall–Kier alpha value is -2.63. The SMILES string of the molecule is N=[N+]=NC(=Cc1cccnc1-c1ccc(Br)cc1)C(=O)[O-]. The summed E-state index contributed by atoms with van der Waals surface area (Å²) in [4.78, 5) is 17.9. The van der Waals surface area contributed by atoms with Crippen molar-refractivity contribution in [1.29, 1.82) is 5.53 Å². The van der Waals surface area contributed by atoms with Crippen LogP contribution in [-0.4, -0.2) is 11.0 Å². The molecule has 0 aliphatic heterocycles. The van der Waals surface area contributed by atoms with E-state index in [9.17, 15) is 9.90 Å². The van der Waals surface area contributed by atoms with E-state index in [-0.39, 0.29) is 0 Å². The molecule has 6 nitrogen and oxygen atoms in total. The fourth-order valence-corrected chi connectivity index (χ4v) is 1.98. The third kappa shape index (κ3) is 3.68. The summed E-state index contributed by atoms with van der Waals surface area (Å²) in [5, 5.41) is 14.2. The third-order valence-electron chi connectivity index (χ3n) is 2.62. The first-order valence-electron chi connectivity index (χ1n) is 5.83.